The van der Waals surface area contributed by atoms with Crippen molar-refractivity contribution in [3.8, 4) is 5.69 Å². The van der Waals surface area contributed by atoms with Crippen LogP contribution in [0, 0.1) is 0 Å². The van der Waals surface area contributed by atoms with Crippen molar-refractivity contribution in [1.82, 2.24) is 20.1 Å². The third-order valence-electron chi connectivity index (χ3n) is 6.25. The summed E-state index contributed by atoms with van der Waals surface area (Å²) in [7, 11) is 0. The molecule has 1 saturated carbocycles. The first-order valence-electron chi connectivity index (χ1n) is 12.2. The summed E-state index contributed by atoms with van der Waals surface area (Å²) in [5, 5.41) is 25.5. The molecule has 0 spiro atoms. The third kappa shape index (κ3) is 6.26. The van der Waals surface area contributed by atoms with E-state index in [0.717, 1.165) is 11.1 Å². The van der Waals surface area contributed by atoms with Crippen LogP contribution >= 0.6 is 39.3 Å². The Labute approximate surface area is 241 Å². The Morgan fingerprint density at radius 2 is 1.85 bits per heavy atom. The number of carbonyl (C=O) groups is 3. The molecule has 12 heteroatoms. The molecule has 3 aromatic carbocycles. The highest BCUT2D eigenvalue weighted by Crippen LogP contribution is 2.44. The SMILES string of the molecule is O=C(O)CCNC(=O)c1ccc(NC(=O)CSc2nnc(Br)n2-c2ccc(C3CC3)c3ccccc23)c(Cl)c1. The molecular formula is C27H23BrClN5O4S. The van der Waals surface area contributed by atoms with Gasteiger partial charge in [-0.3, -0.25) is 19.0 Å². The fourth-order valence-electron chi connectivity index (χ4n) is 4.26. The van der Waals surface area contributed by atoms with Gasteiger partial charge in [0.05, 0.1) is 28.6 Å². The van der Waals surface area contributed by atoms with E-state index in [9.17, 15) is 14.4 Å². The Bertz CT molecular complexity index is 1590. The van der Waals surface area contributed by atoms with Gasteiger partial charge in [-0.25, -0.2) is 0 Å². The maximum absolute atomic E-state index is 12.8. The van der Waals surface area contributed by atoms with Crippen LogP contribution in [0.4, 0.5) is 5.69 Å². The number of anilines is 1. The molecule has 2 amide bonds. The summed E-state index contributed by atoms with van der Waals surface area (Å²) in [6.45, 7) is 0.00266. The van der Waals surface area contributed by atoms with Crippen LogP contribution in [0.3, 0.4) is 0 Å². The molecule has 200 valence electrons. The first-order chi connectivity index (χ1) is 18.8. The molecule has 0 unspecified atom stereocenters. The van der Waals surface area contributed by atoms with Gasteiger partial charge in [0.25, 0.3) is 5.91 Å². The molecule has 1 aliphatic carbocycles. The van der Waals surface area contributed by atoms with Crippen molar-refractivity contribution >= 4 is 73.5 Å². The van der Waals surface area contributed by atoms with Gasteiger partial charge in [0.2, 0.25) is 10.6 Å². The van der Waals surface area contributed by atoms with E-state index in [0.29, 0.717) is 21.5 Å². The van der Waals surface area contributed by atoms with Gasteiger partial charge < -0.3 is 15.7 Å². The molecule has 1 aromatic heterocycles. The third-order valence-corrected chi connectivity index (χ3v) is 8.00. The lowest BCUT2D eigenvalue weighted by Gasteiger charge is -2.14. The topological polar surface area (TPSA) is 126 Å². The molecular weight excluding hydrogens is 606 g/mol. The molecule has 5 rings (SSSR count). The average molecular weight is 629 g/mol. The quantitative estimate of drug-likeness (QED) is 0.194. The number of halogens is 2. The number of carboxylic acids is 1. The van der Waals surface area contributed by atoms with E-state index in [2.05, 4.69) is 61.0 Å². The Hall–Kier alpha value is -3.41. The van der Waals surface area contributed by atoms with Crippen LogP contribution in [0.5, 0.6) is 0 Å². The largest absolute Gasteiger partial charge is 0.481 e. The summed E-state index contributed by atoms with van der Waals surface area (Å²) in [6, 6.07) is 17.0. The minimum atomic E-state index is -1.00. The van der Waals surface area contributed by atoms with Gasteiger partial charge in [-0.1, -0.05) is 53.7 Å². The van der Waals surface area contributed by atoms with E-state index in [4.69, 9.17) is 16.7 Å². The number of carboxylic acid groups (broad SMARTS) is 1. The minimum Gasteiger partial charge on any atom is -0.481 e. The van der Waals surface area contributed by atoms with Crippen molar-refractivity contribution in [2.45, 2.75) is 30.3 Å². The highest BCUT2D eigenvalue weighted by molar-refractivity contribution is 9.10. The molecule has 0 atom stereocenters. The van der Waals surface area contributed by atoms with Crippen LogP contribution in [0.25, 0.3) is 16.5 Å². The Kier molecular flexibility index (Phi) is 8.20. The van der Waals surface area contributed by atoms with Gasteiger partial charge in [0.1, 0.15) is 0 Å². The number of nitrogens with one attached hydrogen (secondary N) is 2. The molecule has 1 heterocycles. The molecule has 39 heavy (non-hydrogen) atoms. The van der Waals surface area contributed by atoms with Crippen molar-refractivity contribution in [1.29, 1.82) is 0 Å². The standard InChI is InChI=1S/C27H23BrClN5O4S/c28-26-32-33-27(34(26)22-10-8-17(15-5-6-15)18-3-1-2-4-19(18)22)39-14-23(35)31-21-9-7-16(13-20(21)29)25(38)30-12-11-24(36)37/h1-4,7-10,13,15H,5-6,11-12,14H2,(H,30,38)(H,31,35)(H,36,37). The predicted molar refractivity (Wildman–Crippen MR) is 154 cm³/mol. The van der Waals surface area contributed by atoms with Crippen molar-refractivity contribution in [3.63, 3.8) is 0 Å². The summed E-state index contributed by atoms with van der Waals surface area (Å²) in [4.78, 5) is 35.6. The Morgan fingerprint density at radius 3 is 2.56 bits per heavy atom. The monoisotopic (exact) mass is 627 g/mol. The number of hydrogen-bond donors (Lipinski definition) is 3. The second-order valence-corrected chi connectivity index (χ2v) is 11.1. The molecule has 0 aliphatic heterocycles. The molecule has 0 saturated heterocycles. The summed E-state index contributed by atoms with van der Waals surface area (Å²) < 4.78 is 2.43. The maximum Gasteiger partial charge on any atom is 0.305 e. The highest BCUT2D eigenvalue weighted by atomic mass is 79.9. The zero-order chi connectivity index (χ0) is 27.5. The number of aromatic nitrogens is 3. The second-order valence-electron chi connectivity index (χ2n) is 9.01. The number of carbonyl (C=O) groups excluding carboxylic acids is 2. The average Bonchev–Trinajstić information content (AvgIpc) is 3.70. The van der Waals surface area contributed by atoms with Crippen LogP contribution in [0.1, 0.15) is 41.1 Å². The summed E-state index contributed by atoms with van der Waals surface area (Å²) in [5.41, 5.74) is 2.90. The van der Waals surface area contributed by atoms with E-state index in [1.165, 1.54) is 53.8 Å². The van der Waals surface area contributed by atoms with Gasteiger partial charge in [-0.05, 0) is 69.9 Å². The fraction of sp³-hybridized carbons (Fsp3) is 0.222. The van der Waals surface area contributed by atoms with Crippen molar-refractivity contribution in [2.24, 2.45) is 0 Å². The smallest absolute Gasteiger partial charge is 0.305 e. The van der Waals surface area contributed by atoms with E-state index in [1.807, 2.05) is 16.7 Å². The minimum absolute atomic E-state index is 0.00266. The van der Waals surface area contributed by atoms with E-state index < -0.39 is 11.9 Å². The van der Waals surface area contributed by atoms with Gasteiger partial charge in [0, 0.05) is 17.5 Å². The van der Waals surface area contributed by atoms with Crippen LogP contribution in [0.15, 0.2) is 64.5 Å². The lowest BCUT2D eigenvalue weighted by Crippen LogP contribution is -2.26. The summed E-state index contributed by atoms with van der Waals surface area (Å²) >= 11 is 11.0. The van der Waals surface area contributed by atoms with Gasteiger partial charge in [-0.15, -0.1) is 10.2 Å². The van der Waals surface area contributed by atoms with Gasteiger partial charge in [-0.2, -0.15) is 0 Å². The van der Waals surface area contributed by atoms with Crippen molar-refractivity contribution in [2.75, 3.05) is 17.6 Å². The Morgan fingerprint density at radius 1 is 1.08 bits per heavy atom. The second kappa shape index (κ2) is 11.8. The molecule has 0 bridgehead atoms. The predicted octanol–water partition coefficient (Wildman–Crippen LogP) is 5.65. The van der Waals surface area contributed by atoms with Gasteiger partial charge >= 0.3 is 5.97 Å². The van der Waals surface area contributed by atoms with E-state index in [1.54, 1.807) is 0 Å². The first kappa shape index (κ1) is 27.2. The molecule has 4 aromatic rings. The van der Waals surface area contributed by atoms with Crippen LogP contribution in [0.2, 0.25) is 5.02 Å². The molecule has 0 radical (unpaired) electrons. The summed E-state index contributed by atoms with van der Waals surface area (Å²) in [5.74, 6) is -1.10. The van der Waals surface area contributed by atoms with Crippen LogP contribution in [-0.4, -0.2) is 50.0 Å². The zero-order valence-electron chi connectivity index (χ0n) is 20.5. The Balaban J connectivity index is 1.27. The fourth-order valence-corrected chi connectivity index (χ4v) is 5.79. The maximum atomic E-state index is 12.8. The molecule has 3 N–H and O–H groups in total. The van der Waals surface area contributed by atoms with Crippen molar-refractivity contribution < 1.29 is 19.5 Å². The first-order valence-corrected chi connectivity index (χ1v) is 14.3. The number of aliphatic carboxylic acids is 1. The highest BCUT2D eigenvalue weighted by Gasteiger charge is 2.26. The number of thioether (sulfide) groups is 1. The number of hydrogen-bond acceptors (Lipinski definition) is 6. The van der Waals surface area contributed by atoms with E-state index in [-0.39, 0.29) is 35.2 Å². The van der Waals surface area contributed by atoms with E-state index >= 15 is 0 Å². The number of amides is 2. The molecule has 9 nitrogen and oxygen atoms in total. The lowest BCUT2D eigenvalue weighted by molar-refractivity contribution is -0.136. The van der Waals surface area contributed by atoms with Crippen molar-refractivity contribution in [3.05, 3.63) is 75.5 Å². The molecule has 1 aliphatic rings. The number of rotatable bonds is 10. The molecule has 1 fully saturated rings. The normalized spacial score (nSPS) is 12.9. The zero-order valence-corrected chi connectivity index (χ0v) is 23.6. The number of fused-ring (bicyclic) bond motifs is 1. The number of benzene rings is 3. The number of nitrogens with zero attached hydrogens (tertiary/aromatic N) is 3. The summed E-state index contributed by atoms with van der Waals surface area (Å²) in [6.07, 6.45) is 2.24. The van der Waals surface area contributed by atoms with Crippen LogP contribution < -0.4 is 10.6 Å². The lowest BCUT2D eigenvalue weighted by atomic mass is 9.99. The van der Waals surface area contributed by atoms with Crippen LogP contribution in [-0.2, 0) is 9.59 Å². The van der Waals surface area contributed by atoms with Gasteiger partial charge in [0.15, 0.2) is 5.16 Å².